The summed E-state index contributed by atoms with van der Waals surface area (Å²) in [6.07, 6.45) is 0.205. The Labute approximate surface area is 186 Å². The van der Waals surface area contributed by atoms with Crippen LogP contribution in [-0.4, -0.2) is 18.4 Å². The van der Waals surface area contributed by atoms with E-state index >= 15 is 0 Å². The average molecular weight is 435 g/mol. The summed E-state index contributed by atoms with van der Waals surface area (Å²) in [5.41, 5.74) is 3.71. The van der Waals surface area contributed by atoms with Gasteiger partial charge in [-0.15, -0.1) is 0 Å². The fraction of sp³-hybridized carbons (Fsp3) is 0.200. The van der Waals surface area contributed by atoms with Crippen LogP contribution >= 0.6 is 11.6 Å². The van der Waals surface area contributed by atoms with Crippen molar-refractivity contribution < 1.29 is 14.3 Å². The highest BCUT2D eigenvalue weighted by Crippen LogP contribution is 2.30. The van der Waals surface area contributed by atoms with E-state index in [0.29, 0.717) is 28.8 Å². The van der Waals surface area contributed by atoms with E-state index in [2.05, 4.69) is 5.32 Å². The number of aryl methyl sites for hydroxylation is 2. The number of halogens is 1. The molecule has 0 saturated carbocycles. The van der Waals surface area contributed by atoms with Crippen molar-refractivity contribution in [3.63, 3.8) is 0 Å². The van der Waals surface area contributed by atoms with Gasteiger partial charge in [0.25, 0.3) is 0 Å². The Hall–Kier alpha value is -3.31. The first-order chi connectivity index (χ1) is 14.9. The number of hydrogen-bond acceptors (Lipinski definition) is 3. The van der Waals surface area contributed by atoms with Gasteiger partial charge >= 0.3 is 0 Å². The molecule has 0 aromatic heterocycles. The van der Waals surface area contributed by atoms with E-state index in [1.807, 2.05) is 32.0 Å². The SMILES string of the molecule is Cc1ccc(N2C[C@@H](C(=O)Nc3ccc(Oc4ccc(Cl)cc4)cc3)CC2=O)c(C)c1. The van der Waals surface area contributed by atoms with Gasteiger partial charge < -0.3 is 15.0 Å². The van der Waals surface area contributed by atoms with Gasteiger partial charge in [-0.05, 0) is 74.0 Å². The number of carbonyl (C=O) groups is 2. The molecule has 1 aliphatic heterocycles. The van der Waals surface area contributed by atoms with Gasteiger partial charge in [0.2, 0.25) is 11.8 Å². The molecule has 0 radical (unpaired) electrons. The van der Waals surface area contributed by atoms with Gasteiger partial charge in [-0.1, -0.05) is 29.3 Å². The number of carbonyl (C=O) groups excluding carboxylic acids is 2. The predicted molar refractivity (Wildman–Crippen MR) is 123 cm³/mol. The maximum absolute atomic E-state index is 12.8. The third-order valence-corrected chi connectivity index (χ3v) is 5.56. The Balaban J connectivity index is 1.38. The second kappa shape index (κ2) is 8.82. The standard InChI is InChI=1S/C25H23ClN2O3/c1-16-3-12-23(17(2)13-16)28-15-18(14-24(28)29)25(30)27-20-6-10-22(11-7-20)31-21-8-4-19(26)5-9-21/h3-13,18H,14-15H2,1-2H3,(H,27,30)/t18-/m0/s1. The molecule has 1 saturated heterocycles. The lowest BCUT2D eigenvalue weighted by atomic mass is 10.1. The summed E-state index contributed by atoms with van der Waals surface area (Å²) in [7, 11) is 0. The van der Waals surface area contributed by atoms with E-state index in [9.17, 15) is 9.59 Å². The lowest BCUT2D eigenvalue weighted by Gasteiger charge is -2.19. The third kappa shape index (κ3) is 4.89. The van der Waals surface area contributed by atoms with E-state index in [1.54, 1.807) is 53.4 Å². The lowest BCUT2D eigenvalue weighted by molar-refractivity contribution is -0.122. The quantitative estimate of drug-likeness (QED) is 0.557. The zero-order valence-electron chi connectivity index (χ0n) is 17.4. The zero-order valence-corrected chi connectivity index (χ0v) is 18.1. The molecule has 0 spiro atoms. The molecule has 158 valence electrons. The monoisotopic (exact) mass is 434 g/mol. The fourth-order valence-electron chi connectivity index (χ4n) is 3.71. The lowest BCUT2D eigenvalue weighted by Crippen LogP contribution is -2.28. The van der Waals surface area contributed by atoms with Crippen molar-refractivity contribution >= 4 is 34.8 Å². The van der Waals surface area contributed by atoms with E-state index in [4.69, 9.17) is 16.3 Å². The Morgan fingerprint density at radius 1 is 1.00 bits per heavy atom. The number of rotatable bonds is 5. The van der Waals surface area contributed by atoms with Crippen molar-refractivity contribution in [2.75, 3.05) is 16.8 Å². The molecule has 1 aliphatic rings. The van der Waals surface area contributed by atoms with Crippen LogP contribution in [0.2, 0.25) is 5.02 Å². The van der Waals surface area contributed by atoms with Crippen molar-refractivity contribution in [2.45, 2.75) is 20.3 Å². The Kier molecular flexibility index (Phi) is 5.96. The maximum Gasteiger partial charge on any atom is 0.229 e. The summed E-state index contributed by atoms with van der Waals surface area (Å²) < 4.78 is 5.77. The molecule has 31 heavy (non-hydrogen) atoms. The molecule has 1 fully saturated rings. The summed E-state index contributed by atoms with van der Waals surface area (Å²) in [5, 5.41) is 3.55. The van der Waals surface area contributed by atoms with Crippen LogP contribution in [0.1, 0.15) is 17.5 Å². The number of benzene rings is 3. The molecular formula is C25H23ClN2O3. The molecule has 0 aliphatic carbocycles. The molecule has 1 heterocycles. The molecule has 2 amide bonds. The van der Waals surface area contributed by atoms with E-state index in [1.165, 1.54) is 0 Å². The molecule has 3 aromatic rings. The number of anilines is 2. The minimum absolute atomic E-state index is 0.0289. The molecule has 0 unspecified atom stereocenters. The van der Waals surface area contributed by atoms with Crippen LogP contribution in [0.3, 0.4) is 0 Å². The highest BCUT2D eigenvalue weighted by atomic mass is 35.5. The zero-order chi connectivity index (χ0) is 22.0. The Bertz CT molecular complexity index is 1110. The van der Waals surface area contributed by atoms with Crippen molar-refractivity contribution in [1.29, 1.82) is 0 Å². The smallest absolute Gasteiger partial charge is 0.229 e. The van der Waals surface area contributed by atoms with Gasteiger partial charge in [-0.2, -0.15) is 0 Å². The van der Waals surface area contributed by atoms with Crippen LogP contribution in [0.25, 0.3) is 0 Å². The Morgan fingerprint density at radius 3 is 2.29 bits per heavy atom. The minimum Gasteiger partial charge on any atom is -0.457 e. The topological polar surface area (TPSA) is 58.6 Å². The number of hydrogen-bond donors (Lipinski definition) is 1. The first-order valence-corrected chi connectivity index (χ1v) is 10.5. The Morgan fingerprint density at radius 2 is 1.65 bits per heavy atom. The van der Waals surface area contributed by atoms with Crippen LogP contribution in [0.5, 0.6) is 11.5 Å². The van der Waals surface area contributed by atoms with Crippen LogP contribution in [0, 0.1) is 19.8 Å². The molecule has 0 bridgehead atoms. The molecule has 6 heteroatoms. The van der Waals surface area contributed by atoms with E-state index in [0.717, 1.165) is 16.8 Å². The summed E-state index contributed by atoms with van der Waals surface area (Å²) >= 11 is 5.88. The second-order valence-corrected chi connectivity index (χ2v) is 8.20. The molecular weight excluding hydrogens is 412 g/mol. The highest BCUT2D eigenvalue weighted by Gasteiger charge is 2.35. The molecule has 3 aromatic carbocycles. The molecule has 1 atom stereocenters. The average Bonchev–Trinajstić information content (AvgIpc) is 3.13. The first-order valence-electron chi connectivity index (χ1n) is 10.1. The van der Waals surface area contributed by atoms with Gasteiger partial charge in [0, 0.05) is 29.4 Å². The second-order valence-electron chi connectivity index (χ2n) is 7.76. The minimum atomic E-state index is -0.391. The largest absolute Gasteiger partial charge is 0.457 e. The van der Waals surface area contributed by atoms with Crippen LogP contribution in [0.15, 0.2) is 66.7 Å². The molecule has 1 N–H and O–H groups in total. The van der Waals surface area contributed by atoms with Gasteiger partial charge in [0.15, 0.2) is 0 Å². The summed E-state index contributed by atoms with van der Waals surface area (Å²) in [6, 6.07) is 20.2. The van der Waals surface area contributed by atoms with Crippen molar-refractivity contribution in [1.82, 2.24) is 0 Å². The van der Waals surface area contributed by atoms with Gasteiger partial charge in [0.1, 0.15) is 11.5 Å². The number of nitrogens with one attached hydrogen (secondary N) is 1. The predicted octanol–water partition coefficient (Wildman–Crippen LogP) is 5.74. The molecule has 4 rings (SSSR count). The van der Waals surface area contributed by atoms with Crippen LogP contribution in [0.4, 0.5) is 11.4 Å². The third-order valence-electron chi connectivity index (χ3n) is 5.31. The van der Waals surface area contributed by atoms with E-state index < -0.39 is 5.92 Å². The summed E-state index contributed by atoms with van der Waals surface area (Å²) in [4.78, 5) is 27.0. The highest BCUT2D eigenvalue weighted by molar-refractivity contribution is 6.30. The first kappa shape index (κ1) is 20.9. The van der Waals surface area contributed by atoms with E-state index in [-0.39, 0.29) is 18.2 Å². The molecule has 5 nitrogen and oxygen atoms in total. The number of ether oxygens (including phenoxy) is 1. The van der Waals surface area contributed by atoms with Crippen molar-refractivity contribution in [3.8, 4) is 11.5 Å². The fourth-order valence-corrected chi connectivity index (χ4v) is 3.84. The summed E-state index contributed by atoms with van der Waals surface area (Å²) in [5.74, 6) is 0.749. The number of nitrogens with zero attached hydrogens (tertiary/aromatic N) is 1. The van der Waals surface area contributed by atoms with Gasteiger partial charge in [0.05, 0.1) is 5.92 Å². The van der Waals surface area contributed by atoms with Crippen LogP contribution < -0.4 is 15.0 Å². The maximum atomic E-state index is 12.8. The van der Waals surface area contributed by atoms with Crippen molar-refractivity contribution in [2.24, 2.45) is 5.92 Å². The van der Waals surface area contributed by atoms with Gasteiger partial charge in [-0.3, -0.25) is 9.59 Å². The van der Waals surface area contributed by atoms with Crippen LogP contribution in [-0.2, 0) is 9.59 Å². The normalized spacial score (nSPS) is 15.8. The summed E-state index contributed by atoms with van der Waals surface area (Å²) in [6.45, 7) is 4.38. The van der Waals surface area contributed by atoms with Crippen molar-refractivity contribution in [3.05, 3.63) is 82.9 Å². The number of amides is 2. The van der Waals surface area contributed by atoms with Gasteiger partial charge in [-0.25, -0.2) is 0 Å².